The Labute approximate surface area is 93.7 Å². The van der Waals surface area contributed by atoms with Crippen molar-refractivity contribution in [1.29, 1.82) is 0 Å². The number of phenols is 1. The number of amides is 1. The highest BCUT2D eigenvalue weighted by Crippen LogP contribution is 2.29. The molecule has 0 aliphatic carbocycles. The summed E-state index contributed by atoms with van der Waals surface area (Å²) in [7, 11) is 0. The first-order valence-corrected chi connectivity index (χ1v) is 5.23. The lowest BCUT2D eigenvalue weighted by atomic mass is 10.1. The van der Waals surface area contributed by atoms with Crippen LogP contribution in [0, 0.1) is 0 Å². The molecule has 82 valence electrons. The number of rotatable bonds is 2. The minimum atomic E-state index is -0.0316. The molecule has 2 aromatic carbocycles. The summed E-state index contributed by atoms with van der Waals surface area (Å²) in [4.78, 5) is 11.3. The summed E-state index contributed by atoms with van der Waals surface area (Å²) in [6, 6.07) is 10.7. The van der Waals surface area contributed by atoms with Crippen LogP contribution in [0.25, 0.3) is 10.8 Å². The lowest BCUT2D eigenvalue weighted by Gasteiger charge is -2.08. The molecule has 0 aliphatic rings. The van der Waals surface area contributed by atoms with Crippen LogP contribution >= 0.6 is 0 Å². The van der Waals surface area contributed by atoms with Crippen molar-refractivity contribution in [1.82, 2.24) is 0 Å². The van der Waals surface area contributed by atoms with E-state index < -0.39 is 0 Å². The minimum absolute atomic E-state index is 0.0316. The SMILES string of the molecule is CCC(=O)Nc1cccc2c(O)cccc12. The Bertz CT molecular complexity index is 534. The van der Waals surface area contributed by atoms with Crippen molar-refractivity contribution in [3.05, 3.63) is 36.4 Å². The van der Waals surface area contributed by atoms with Gasteiger partial charge in [0, 0.05) is 22.9 Å². The van der Waals surface area contributed by atoms with Gasteiger partial charge < -0.3 is 10.4 Å². The summed E-state index contributed by atoms with van der Waals surface area (Å²) in [6.45, 7) is 1.80. The highest BCUT2D eigenvalue weighted by atomic mass is 16.3. The van der Waals surface area contributed by atoms with Crippen LogP contribution in [-0.4, -0.2) is 11.0 Å². The fraction of sp³-hybridized carbons (Fsp3) is 0.154. The second kappa shape index (κ2) is 4.23. The maximum absolute atomic E-state index is 11.3. The van der Waals surface area contributed by atoms with Crippen molar-refractivity contribution >= 4 is 22.4 Å². The number of phenolic OH excluding ortho intramolecular Hbond substituents is 1. The number of carbonyl (C=O) groups is 1. The van der Waals surface area contributed by atoms with Gasteiger partial charge in [-0.25, -0.2) is 0 Å². The van der Waals surface area contributed by atoms with E-state index in [0.29, 0.717) is 6.42 Å². The van der Waals surface area contributed by atoms with E-state index in [1.54, 1.807) is 19.1 Å². The topological polar surface area (TPSA) is 49.3 Å². The molecule has 0 aliphatic heterocycles. The van der Waals surface area contributed by atoms with E-state index in [1.807, 2.05) is 24.3 Å². The van der Waals surface area contributed by atoms with Crippen molar-refractivity contribution in [2.75, 3.05) is 5.32 Å². The molecule has 16 heavy (non-hydrogen) atoms. The predicted octanol–water partition coefficient (Wildman–Crippen LogP) is 2.89. The maximum atomic E-state index is 11.3. The zero-order valence-corrected chi connectivity index (χ0v) is 9.03. The lowest BCUT2D eigenvalue weighted by Crippen LogP contribution is -2.09. The van der Waals surface area contributed by atoms with Crippen LogP contribution in [-0.2, 0) is 4.79 Å². The molecule has 3 heteroatoms. The van der Waals surface area contributed by atoms with Crippen molar-refractivity contribution in [2.45, 2.75) is 13.3 Å². The first-order valence-electron chi connectivity index (χ1n) is 5.23. The monoisotopic (exact) mass is 215 g/mol. The molecule has 0 atom stereocenters. The molecule has 0 fully saturated rings. The Hall–Kier alpha value is -2.03. The van der Waals surface area contributed by atoms with Crippen LogP contribution in [0.15, 0.2) is 36.4 Å². The Morgan fingerprint density at radius 1 is 1.19 bits per heavy atom. The zero-order chi connectivity index (χ0) is 11.5. The molecule has 0 radical (unpaired) electrons. The quantitative estimate of drug-likeness (QED) is 0.809. The van der Waals surface area contributed by atoms with Gasteiger partial charge in [-0.15, -0.1) is 0 Å². The van der Waals surface area contributed by atoms with Crippen LogP contribution in [0.5, 0.6) is 5.75 Å². The van der Waals surface area contributed by atoms with Gasteiger partial charge in [0.05, 0.1) is 0 Å². The number of hydrogen-bond acceptors (Lipinski definition) is 2. The van der Waals surface area contributed by atoms with Gasteiger partial charge in [-0.3, -0.25) is 4.79 Å². The van der Waals surface area contributed by atoms with Crippen molar-refractivity contribution in [3.8, 4) is 5.75 Å². The number of carbonyl (C=O) groups excluding carboxylic acids is 1. The highest BCUT2D eigenvalue weighted by Gasteiger charge is 2.05. The normalized spacial score (nSPS) is 10.3. The summed E-state index contributed by atoms with van der Waals surface area (Å²) >= 11 is 0. The fourth-order valence-electron chi connectivity index (χ4n) is 1.64. The first kappa shape index (κ1) is 10.5. The van der Waals surface area contributed by atoms with Gasteiger partial charge in [0.25, 0.3) is 0 Å². The summed E-state index contributed by atoms with van der Waals surface area (Å²) < 4.78 is 0. The largest absolute Gasteiger partial charge is 0.507 e. The Morgan fingerprint density at radius 2 is 1.88 bits per heavy atom. The molecule has 1 amide bonds. The second-order valence-electron chi connectivity index (χ2n) is 3.58. The van der Waals surface area contributed by atoms with E-state index in [-0.39, 0.29) is 11.7 Å². The van der Waals surface area contributed by atoms with Gasteiger partial charge >= 0.3 is 0 Å². The van der Waals surface area contributed by atoms with Crippen LogP contribution in [0.2, 0.25) is 0 Å². The van der Waals surface area contributed by atoms with Crippen molar-refractivity contribution < 1.29 is 9.90 Å². The summed E-state index contributed by atoms with van der Waals surface area (Å²) in [5, 5.41) is 14.1. The molecule has 0 unspecified atom stereocenters. The van der Waals surface area contributed by atoms with Gasteiger partial charge in [0.1, 0.15) is 5.75 Å². The molecule has 0 saturated heterocycles. The van der Waals surface area contributed by atoms with E-state index >= 15 is 0 Å². The van der Waals surface area contributed by atoms with Crippen molar-refractivity contribution in [2.24, 2.45) is 0 Å². The number of fused-ring (bicyclic) bond motifs is 1. The molecule has 3 nitrogen and oxygen atoms in total. The predicted molar refractivity (Wildman–Crippen MR) is 64.5 cm³/mol. The Morgan fingerprint density at radius 3 is 2.62 bits per heavy atom. The van der Waals surface area contributed by atoms with Gasteiger partial charge in [0.2, 0.25) is 5.91 Å². The van der Waals surface area contributed by atoms with E-state index in [1.165, 1.54) is 0 Å². The average molecular weight is 215 g/mol. The highest BCUT2D eigenvalue weighted by molar-refractivity contribution is 6.03. The van der Waals surface area contributed by atoms with Crippen LogP contribution < -0.4 is 5.32 Å². The molecular formula is C13H13NO2. The van der Waals surface area contributed by atoms with Gasteiger partial charge in [0.15, 0.2) is 0 Å². The number of benzene rings is 2. The molecule has 0 spiro atoms. The number of nitrogens with one attached hydrogen (secondary N) is 1. The molecule has 0 saturated carbocycles. The summed E-state index contributed by atoms with van der Waals surface area (Å²) in [5.74, 6) is 0.195. The number of hydrogen-bond donors (Lipinski definition) is 2. The maximum Gasteiger partial charge on any atom is 0.224 e. The van der Waals surface area contributed by atoms with E-state index in [9.17, 15) is 9.90 Å². The minimum Gasteiger partial charge on any atom is -0.507 e. The Kier molecular flexibility index (Phi) is 2.77. The molecular weight excluding hydrogens is 202 g/mol. The molecule has 2 rings (SSSR count). The van der Waals surface area contributed by atoms with Gasteiger partial charge in [-0.05, 0) is 12.1 Å². The molecule has 0 bridgehead atoms. The third-order valence-electron chi connectivity index (χ3n) is 2.49. The third-order valence-corrected chi connectivity index (χ3v) is 2.49. The van der Waals surface area contributed by atoms with Crippen LogP contribution in [0.1, 0.15) is 13.3 Å². The first-order chi connectivity index (χ1) is 7.72. The number of anilines is 1. The molecule has 0 aromatic heterocycles. The molecule has 0 heterocycles. The van der Waals surface area contributed by atoms with Crippen LogP contribution in [0.3, 0.4) is 0 Å². The van der Waals surface area contributed by atoms with Crippen LogP contribution in [0.4, 0.5) is 5.69 Å². The second-order valence-corrected chi connectivity index (χ2v) is 3.58. The standard InChI is InChI=1S/C13H13NO2/c1-2-13(16)14-11-7-3-6-10-9(11)5-4-8-12(10)15/h3-8,15H,2H2,1H3,(H,14,16). The molecule has 2 N–H and O–H groups in total. The lowest BCUT2D eigenvalue weighted by molar-refractivity contribution is -0.115. The van der Waals surface area contributed by atoms with E-state index in [2.05, 4.69) is 5.32 Å². The van der Waals surface area contributed by atoms with E-state index in [0.717, 1.165) is 16.5 Å². The fourth-order valence-corrected chi connectivity index (χ4v) is 1.64. The third kappa shape index (κ3) is 1.84. The smallest absolute Gasteiger partial charge is 0.224 e. The summed E-state index contributed by atoms with van der Waals surface area (Å²) in [6.07, 6.45) is 0.440. The number of aromatic hydroxyl groups is 1. The zero-order valence-electron chi connectivity index (χ0n) is 9.03. The Balaban J connectivity index is 2.54. The average Bonchev–Trinajstić information content (AvgIpc) is 2.30. The summed E-state index contributed by atoms with van der Waals surface area (Å²) in [5.41, 5.74) is 0.736. The van der Waals surface area contributed by atoms with Crippen molar-refractivity contribution in [3.63, 3.8) is 0 Å². The molecule has 2 aromatic rings. The van der Waals surface area contributed by atoms with Gasteiger partial charge in [-0.2, -0.15) is 0 Å². The van der Waals surface area contributed by atoms with Gasteiger partial charge in [-0.1, -0.05) is 31.2 Å². The van der Waals surface area contributed by atoms with E-state index in [4.69, 9.17) is 0 Å².